The first-order chi connectivity index (χ1) is 10.0. The van der Waals surface area contributed by atoms with E-state index in [4.69, 9.17) is 0 Å². The standard InChI is InChI=1S/C16H19F3N2/c1-2-8-21-9-4-7-15(21)12-20-11-13-5-3-6-14(10-13)16(17,18)19/h3-7,9-10,20H,2,8,11-12H2,1H3. The second kappa shape index (κ2) is 6.80. The predicted octanol–water partition coefficient (Wildman–Crippen LogP) is 4.21. The molecule has 1 aromatic heterocycles. The van der Waals surface area contributed by atoms with E-state index < -0.39 is 11.7 Å². The van der Waals surface area contributed by atoms with Crippen molar-refractivity contribution in [3.63, 3.8) is 0 Å². The molecule has 1 aromatic carbocycles. The van der Waals surface area contributed by atoms with E-state index >= 15 is 0 Å². The van der Waals surface area contributed by atoms with Crippen LogP contribution < -0.4 is 5.32 Å². The van der Waals surface area contributed by atoms with Crippen molar-refractivity contribution in [2.75, 3.05) is 0 Å². The zero-order valence-corrected chi connectivity index (χ0v) is 12.0. The largest absolute Gasteiger partial charge is 0.416 e. The van der Waals surface area contributed by atoms with Gasteiger partial charge >= 0.3 is 6.18 Å². The lowest BCUT2D eigenvalue weighted by atomic mass is 10.1. The van der Waals surface area contributed by atoms with Gasteiger partial charge in [-0.15, -0.1) is 0 Å². The molecule has 0 bridgehead atoms. The minimum absolute atomic E-state index is 0.418. The van der Waals surface area contributed by atoms with Crippen LogP contribution in [-0.2, 0) is 25.8 Å². The lowest BCUT2D eigenvalue weighted by Gasteiger charge is -2.11. The highest BCUT2D eigenvalue weighted by Gasteiger charge is 2.30. The Morgan fingerprint density at radius 3 is 2.62 bits per heavy atom. The molecule has 0 amide bonds. The summed E-state index contributed by atoms with van der Waals surface area (Å²) in [6.07, 6.45) is -1.22. The average Bonchev–Trinajstić information content (AvgIpc) is 2.86. The topological polar surface area (TPSA) is 17.0 Å². The molecule has 0 saturated heterocycles. The Bertz CT molecular complexity index is 573. The summed E-state index contributed by atoms with van der Waals surface area (Å²) in [5, 5.41) is 3.19. The Hall–Kier alpha value is -1.75. The third-order valence-electron chi connectivity index (χ3n) is 3.28. The molecule has 21 heavy (non-hydrogen) atoms. The smallest absolute Gasteiger partial charge is 0.350 e. The summed E-state index contributed by atoms with van der Waals surface area (Å²) in [6, 6.07) is 9.44. The molecule has 0 aliphatic rings. The number of aromatic nitrogens is 1. The number of benzene rings is 1. The van der Waals surface area contributed by atoms with Crippen LogP contribution in [0.5, 0.6) is 0 Å². The minimum atomic E-state index is -4.29. The van der Waals surface area contributed by atoms with Crippen molar-refractivity contribution in [3.05, 3.63) is 59.4 Å². The monoisotopic (exact) mass is 296 g/mol. The molecule has 0 atom stereocenters. The molecule has 0 radical (unpaired) electrons. The van der Waals surface area contributed by atoms with E-state index in [0.717, 1.165) is 24.7 Å². The fourth-order valence-electron chi connectivity index (χ4n) is 2.26. The highest BCUT2D eigenvalue weighted by molar-refractivity contribution is 5.25. The van der Waals surface area contributed by atoms with Gasteiger partial charge in [0.2, 0.25) is 0 Å². The quantitative estimate of drug-likeness (QED) is 0.845. The Morgan fingerprint density at radius 1 is 1.10 bits per heavy atom. The molecule has 2 nitrogen and oxygen atoms in total. The number of hydrogen-bond acceptors (Lipinski definition) is 1. The van der Waals surface area contributed by atoms with E-state index in [-0.39, 0.29) is 0 Å². The van der Waals surface area contributed by atoms with Crippen molar-refractivity contribution < 1.29 is 13.2 Å². The van der Waals surface area contributed by atoms with Crippen molar-refractivity contribution in [1.82, 2.24) is 9.88 Å². The van der Waals surface area contributed by atoms with Gasteiger partial charge in [-0.3, -0.25) is 0 Å². The maximum atomic E-state index is 12.6. The van der Waals surface area contributed by atoms with Gasteiger partial charge in [0, 0.05) is 31.5 Å². The van der Waals surface area contributed by atoms with E-state index in [0.29, 0.717) is 18.7 Å². The maximum absolute atomic E-state index is 12.6. The number of hydrogen-bond donors (Lipinski definition) is 1. The highest BCUT2D eigenvalue weighted by atomic mass is 19.4. The summed E-state index contributed by atoms with van der Waals surface area (Å²) in [4.78, 5) is 0. The zero-order chi connectivity index (χ0) is 15.3. The molecule has 0 spiro atoms. The van der Waals surface area contributed by atoms with Crippen LogP contribution in [0.3, 0.4) is 0 Å². The SMILES string of the molecule is CCCn1cccc1CNCc1cccc(C(F)(F)F)c1. The van der Waals surface area contributed by atoms with Crippen LogP contribution >= 0.6 is 0 Å². The molecule has 0 aliphatic heterocycles. The van der Waals surface area contributed by atoms with E-state index in [2.05, 4.69) is 16.8 Å². The molecule has 2 aromatic rings. The van der Waals surface area contributed by atoms with Crippen molar-refractivity contribution in [2.24, 2.45) is 0 Å². The average molecular weight is 296 g/mol. The highest BCUT2D eigenvalue weighted by Crippen LogP contribution is 2.29. The van der Waals surface area contributed by atoms with Gasteiger partial charge in [0.1, 0.15) is 0 Å². The Morgan fingerprint density at radius 2 is 1.90 bits per heavy atom. The van der Waals surface area contributed by atoms with Gasteiger partial charge in [-0.1, -0.05) is 25.1 Å². The van der Waals surface area contributed by atoms with E-state index in [1.54, 1.807) is 6.07 Å². The van der Waals surface area contributed by atoms with Crippen molar-refractivity contribution in [1.29, 1.82) is 0 Å². The molecule has 0 fully saturated rings. The maximum Gasteiger partial charge on any atom is 0.416 e. The minimum Gasteiger partial charge on any atom is -0.350 e. The summed E-state index contributed by atoms with van der Waals surface area (Å²) >= 11 is 0. The molecule has 1 heterocycles. The first-order valence-corrected chi connectivity index (χ1v) is 7.01. The summed E-state index contributed by atoms with van der Waals surface area (Å²) in [6.45, 7) is 4.12. The van der Waals surface area contributed by atoms with Crippen molar-refractivity contribution in [2.45, 2.75) is 39.2 Å². The van der Waals surface area contributed by atoms with Crippen LogP contribution in [0.1, 0.15) is 30.2 Å². The molecule has 0 aliphatic carbocycles. The van der Waals surface area contributed by atoms with Crippen LogP contribution in [0.25, 0.3) is 0 Å². The van der Waals surface area contributed by atoms with Crippen molar-refractivity contribution >= 4 is 0 Å². The Balaban J connectivity index is 1.93. The third kappa shape index (κ3) is 4.36. The number of aryl methyl sites for hydroxylation is 1. The number of alkyl halides is 3. The Kier molecular flexibility index (Phi) is 5.07. The number of nitrogens with one attached hydrogen (secondary N) is 1. The third-order valence-corrected chi connectivity index (χ3v) is 3.28. The van der Waals surface area contributed by atoms with Gasteiger partial charge < -0.3 is 9.88 Å². The Labute approximate surface area is 122 Å². The molecule has 0 saturated carbocycles. The summed E-state index contributed by atoms with van der Waals surface area (Å²) in [5.74, 6) is 0. The van der Waals surface area contributed by atoms with Crippen LogP contribution in [0, 0.1) is 0 Å². The van der Waals surface area contributed by atoms with E-state index in [1.165, 1.54) is 12.1 Å². The lowest BCUT2D eigenvalue weighted by molar-refractivity contribution is -0.137. The molecular formula is C16H19F3N2. The first kappa shape index (κ1) is 15.6. The molecule has 5 heteroatoms. The van der Waals surface area contributed by atoms with Gasteiger partial charge in [0.25, 0.3) is 0 Å². The first-order valence-electron chi connectivity index (χ1n) is 7.01. The summed E-state index contributed by atoms with van der Waals surface area (Å²) < 4.78 is 40.0. The molecule has 114 valence electrons. The van der Waals surface area contributed by atoms with Gasteiger partial charge in [0.05, 0.1) is 5.56 Å². The molecule has 2 rings (SSSR count). The van der Waals surface area contributed by atoms with Crippen LogP contribution in [0.4, 0.5) is 13.2 Å². The van der Waals surface area contributed by atoms with E-state index in [1.807, 2.05) is 18.3 Å². The fraction of sp³-hybridized carbons (Fsp3) is 0.375. The van der Waals surface area contributed by atoms with E-state index in [9.17, 15) is 13.2 Å². The molecule has 1 N–H and O–H groups in total. The lowest BCUT2D eigenvalue weighted by Crippen LogP contribution is -2.16. The van der Waals surface area contributed by atoms with Gasteiger partial charge in [0.15, 0.2) is 0 Å². The van der Waals surface area contributed by atoms with Crippen LogP contribution in [0.2, 0.25) is 0 Å². The molecular weight excluding hydrogens is 277 g/mol. The predicted molar refractivity (Wildman–Crippen MR) is 76.7 cm³/mol. The van der Waals surface area contributed by atoms with Gasteiger partial charge in [-0.25, -0.2) is 0 Å². The van der Waals surface area contributed by atoms with Crippen molar-refractivity contribution in [3.8, 4) is 0 Å². The second-order valence-corrected chi connectivity index (χ2v) is 4.99. The molecule has 0 unspecified atom stereocenters. The number of halogens is 3. The fourth-order valence-corrected chi connectivity index (χ4v) is 2.26. The summed E-state index contributed by atoms with van der Waals surface area (Å²) in [7, 11) is 0. The van der Waals surface area contributed by atoms with Crippen LogP contribution in [-0.4, -0.2) is 4.57 Å². The van der Waals surface area contributed by atoms with Gasteiger partial charge in [-0.05, 0) is 30.2 Å². The number of nitrogens with zero attached hydrogens (tertiary/aromatic N) is 1. The number of rotatable bonds is 6. The van der Waals surface area contributed by atoms with Gasteiger partial charge in [-0.2, -0.15) is 13.2 Å². The van der Waals surface area contributed by atoms with Crippen LogP contribution in [0.15, 0.2) is 42.6 Å². The zero-order valence-electron chi connectivity index (χ0n) is 12.0. The second-order valence-electron chi connectivity index (χ2n) is 4.99. The summed E-state index contributed by atoms with van der Waals surface area (Å²) in [5.41, 5.74) is 1.18. The normalized spacial score (nSPS) is 11.8.